The summed E-state index contributed by atoms with van der Waals surface area (Å²) >= 11 is 0. The lowest BCUT2D eigenvalue weighted by molar-refractivity contribution is 0.108. The molecule has 168 valence electrons. The molecule has 5 N–H and O–H groups in total. The second-order valence-corrected chi connectivity index (χ2v) is 7.16. The van der Waals surface area contributed by atoms with E-state index in [0.717, 1.165) is 11.8 Å². The van der Waals surface area contributed by atoms with Gasteiger partial charge in [0.1, 0.15) is 24.3 Å². The third kappa shape index (κ3) is 7.23. The first kappa shape index (κ1) is 24.1. The number of carbonyl (C=O) groups excluding carboxylic acids is 1. The maximum absolute atomic E-state index is 12.0. The van der Waals surface area contributed by atoms with Crippen LogP contribution in [0.4, 0.5) is 16.3 Å². The first-order valence-electron chi connectivity index (χ1n) is 10.2. The zero-order valence-electron chi connectivity index (χ0n) is 18.4. The zero-order chi connectivity index (χ0) is 22.8. The molecule has 1 unspecified atom stereocenters. The van der Waals surface area contributed by atoms with Gasteiger partial charge in [-0.25, -0.2) is 9.78 Å². The summed E-state index contributed by atoms with van der Waals surface area (Å²) in [6, 6.07) is 9.07. The average Bonchev–Trinajstić information content (AvgIpc) is 2.72. The van der Waals surface area contributed by atoms with E-state index in [1.807, 2.05) is 32.0 Å². The van der Waals surface area contributed by atoms with Crippen LogP contribution in [0.1, 0.15) is 26.3 Å². The average molecular weight is 430 g/mol. The maximum atomic E-state index is 12.0. The predicted octanol–water partition coefficient (Wildman–Crippen LogP) is 3.09. The molecule has 2 aromatic rings. The van der Waals surface area contributed by atoms with E-state index in [1.54, 1.807) is 26.1 Å². The molecule has 0 aliphatic rings. The van der Waals surface area contributed by atoms with Crippen LogP contribution in [-0.2, 0) is 4.74 Å². The lowest BCUT2D eigenvalue weighted by Crippen LogP contribution is -2.29. The molecule has 9 heteroatoms. The molecule has 0 bridgehead atoms. The fourth-order valence-electron chi connectivity index (χ4n) is 2.85. The largest absolute Gasteiger partial charge is 0.491 e. The number of ether oxygens (including phenoxy) is 2. The van der Waals surface area contributed by atoms with Crippen molar-refractivity contribution in [3.63, 3.8) is 0 Å². The molecule has 0 radical (unpaired) electrons. The Morgan fingerprint density at radius 1 is 1.32 bits per heavy atom. The Balaban J connectivity index is 2.41. The molecule has 0 saturated carbocycles. The molecule has 2 rings (SSSR count). The van der Waals surface area contributed by atoms with Gasteiger partial charge in [-0.05, 0) is 46.0 Å². The lowest BCUT2D eigenvalue weighted by Gasteiger charge is -2.18. The van der Waals surface area contributed by atoms with Crippen molar-refractivity contribution >= 4 is 23.8 Å². The predicted molar refractivity (Wildman–Crippen MR) is 122 cm³/mol. The zero-order valence-corrected chi connectivity index (χ0v) is 18.4. The Labute approximate surface area is 182 Å². The summed E-state index contributed by atoms with van der Waals surface area (Å²) in [4.78, 5) is 16.7. The Morgan fingerprint density at radius 3 is 2.74 bits per heavy atom. The van der Waals surface area contributed by atoms with Crippen molar-refractivity contribution < 1.29 is 19.4 Å². The van der Waals surface area contributed by atoms with E-state index >= 15 is 0 Å². The highest BCUT2D eigenvalue weighted by Crippen LogP contribution is 2.30. The van der Waals surface area contributed by atoms with Crippen LogP contribution in [0.5, 0.6) is 5.75 Å². The summed E-state index contributed by atoms with van der Waals surface area (Å²) in [5.41, 5.74) is 2.21. The van der Waals surface area contributed by atoms with Gasteiger partial charge in [0.15, 0.2) is 0 Å². The summed E-state index contributed by atoms with van der Waals surface area (Å²) < 4.78 is 10.7. The van der Waals surface area contributed by atoms with Crippen LogP contribution in [0.2, 0.25) is 0 Å². The minimum absolute atomic E-state index is 0.0697. The fourth-order valence-corrected chi connectivity index (χ4v) is 2.85. The normalized spacial score (nSPS) is 11.7. The quantitative estimate of drug-likeness (QED) is 0.347. The van der Waals surface area contributed by atoms with E-state index < -0.39 is 12.2 Å². The van der Waals surface area contributed by atoms with E-state index in [1.165, 1.54) is 0 Å². The minimum Gasteiger partial charge on any atom is -0.491 e. The van der Waals surface area contributed by atoms with Gasteiger partial charge in [0.2, 0.25) is 0 Å². The molecular weight excluding hydrogens is 398 g/mol. The van der Waals surface area contributed by atoms with E-state index in [9.17, 15) is 9.90 Å². The lowest BCUT2D eigenvalue weighted by atomic mass is 10.1. The summed E-state index contributed by atoms with van der Waals surface area (Å²) in [7, 11) is 1.76. The van der Waals surface area contributed by atoms with Gasteiger partial charge in [-0.2, -0.15) is 0 Å². The number of pyridine rings is 1. The van der Waals surface area contributed by atoms with Crippen molar-refractivity contribution in [3.8, 4) is 17.0 Å². The number of benzene rings is 1. The Morgan fingerprint density at radius 2 is 2.10 bits per heavy atom. The second-order valence-electron chi connectivity index (χ2n) is 7.16. The number of anilines is 2. The molecule has 1 aromatic heterocycles. The van der Waals surface area contributed by atoms with Crippen LogP contribution in [0.3, 0.4) is 0 Å². The number of aliphatic hydroxyl groups excluding tert-OH is 1. The van der Waals surface area contributed by atoms with Crippen molar-refractivity contribution in [2.45, 2.75) is 32.9 Å². The van der Waals surface area contributed by atoms with Gasteiger partial charge in [0.25, 0.3) is 0 Å². The van der Waals surface area contributed by atoms with Gasteiger partial charge in [-0.3, -0.25) is 5.32 Å². The first-order valence-corrected chi connectivity index (χ1v) is 10.2. The summed E-state index contributed by atoms with van der Waals surface area (Å²) in [5.74, 6) is 1.06. The number of amides is 1. The van der Waals surface area contributed by atoms with Gasteiger partial charge in [-0.15, -0.1) is 0 Å². The van der Waals surface area contributed by atoms with Crippen LogP contribution >= 0.6 is 0 Å². The number of hydrogen-bond donors (Lipinski definition) is 5. The van der Waals surface area contributed by atoms with Gasteiger partial charge in [0.05, 0.1) is 23.6 Å². The molecule has 0 aliphatic heterocycles. The molecule has 31 heavy (non-hydrogen) atoms. The highest BCUT2D eigenvalue weighted by atomic mass is 16.5. The van der Waals surface area contributed by atoms with Crippen LogP contribution in [0, 0.1) is 5.41 Å². The molecule has 0 saturated heterocycles. The van der Waals surface area contributed by atoms with Gasteiger partial charge >= 0.3 is 6.09 Å². The van der Waals surface area contributed by atoms with Gasteiger partial charge < -0.3 is 30.6 Å². The van der Waals surface area contributed by atoms with Crippen LogP contribution in [0.25, 0.3) is 11.3 Å². The third-order valence-electron chi connectivity index (χ3n) is 4.15. The number of aliphatic hydroxyl groups is 1. The van der Waals surface area contributed by atoms with Gasteiger partial charge in [-0.1, -0.05) is 12.1 Å². The van der Waals surface area contributed by atoms with E-state index in [2.05, 4.69) is 20.9 Å². The summed E-state index contributed by atoms with van der Waals surface area (Å²) in [6.45, 7) is 6.47. The van der Waals surface area contributed by atoms with Crippen LogP contribution in [-0.4, -0.2) is 61.4 Å². The van der Waals surface area contributed by atoms with Crippen molar-refractivity contribution in [2.75, 3.05) is 37.4 Å². The van der Waals surface area contributed by atoms with Crippen molar-refractivity contribution in [1.29, 1.82) is 5.41 Å². The number of aromatic nitrogens is 1. The smallest absolute Gasteiger partial charge is 0.411 e. The summed E-state index contributed by atoms with van der Waals surface area (Å²) in [5, 5.41) is 26.5. The maximum Gasteiger partial charge on any atom is 0.411 e. The molecular formula is C22H31N5O4. The number of likely N-dealkylation sites (N-methyl/N-ethyl adjacent to an activating group) is 1. The summed E-state index contributed by atoms with van der Waals surface area (Å²) in [6.07, 6.45) is -0.0825. The Bertz CT molecular complexity index is 888. The van der Waals surface area contributed by atoms with Crippen molar-refractivity contribution in [3.05, 3.63) is 35.9 Å². The molecule has 0 fully saturated rings. The number of carbonyl (C=O) groups is 1. The van der Waals surface area contributed by atoms with Gasteiger partial charge in [0, 0.05) is 24.4 Å². The van der Waals surface area contributed by atoms with Crippen LogP contribution in [0.15, 0.2) is 30.3 Å². The van der Waals surface area contributed by atoms with Crippen LogP contribution < -0.4 is 20.7 Å². The Kier molecular flexibility index (Phi) is 9.23. The van der Waals surface area contributed by atoms with Crippen molar-refractivity contribution in [1.82, 2.24) is 10.3 Å². The Hall–Kier alpha value is -3.17. The highest BCUT2D eigenvalue weighted by Gasteiger charge is 2.16. The monoisotopic (exact) mass is 429 g/mol. The van der Waals surface area contributed by atoms with E-state index in [4.69, 9.17) is 14.9 Å². The van der Waals surface area contributed by atoms with E-state index in [0.29, 0.717) is 35.1 Å². The first-order chi connectivity index (χ1) is 14.9. The van der Waals surface area contributed by atoms with E-state index in [-0.39, 0.29) is 19.3 Å². The second kappa shape index (κ2) is 11.9. The molecule has 0 aliphatic carbocycles. The third-order valence-corrected chi connectivity index (χ3v) is 4.15. The molecule has 1 aromatic carbocycles. The molecule has 1 atom stereocenters. The van der Waals surface area contributed by atoms with Crippen molar-refractivity contribution in [2.24, 2.45) is 0 Å². The number of rotatable bonds is 11. The standard InChI is InChI=1S/C22H31N5O4/c1-5-30-22(29)27-20-10-19(26-21(18(20)11-23)25-14(2)3)15-7-6-8-17(9-15)31-13-16(28)12-24-4/h6-11,14,16,23-24,28H,5,12-13H2,1-4H3,(H2,25,26,27,29). The highest BCUT2D eigenvalue weighted by molar-refractivity contribution is 5.99. The topological polar surface area (TPSA) is 129 Å². The fraction of sp³-hybridized carbons (Fsp3) is 0.409. The number of nitrogens with one attached hydrogen (secondary N) is 4. The minimum atomic E-state index is -0.624. The number of hydrogen-bond acceptors (Lipinski definition) is 8. The molecule has 1 heterocycles. The molecule has 1 amide bonds. The molecule has 0 spiro atoms. The SMILES string of the molecule is CCOC(=O)Nc1cc(-c2cccc(OCC(O)CNC)c2)nc(NC(C)C)c1C=N. The number of nitrogens with zero attached hydrogens (tertiary/aromatic N) is 1. The molecule has 9 nitrogen and oxygen atoms in total.